The third-order valence-electron chi connectivity index (χ3n) is 3.81. The average Bonchev–Trinajstić information content (AvgIpc) is 3.16. The molecule has 1 aliphatic heterocycles. The van der Waals surface area contributed by atoms with Gasteiger partial charge in [-0.25, -0.2) is 4.79 Å². The summed E-state index contributed by atoms with van der Waals surface area (Å²) in [6, 6.07) is 11.8. The number of anilines is 2. The molecular weight excluding hydrogens is 320 g/mol. The van der Waals surface area contributed by atoms with Crippen LogP contribution in [0.15, 0.2) is 48.7 Å². The fraction of sp³-hybridized carbons (Fsp3) is 0.278. The molecule has 3 amide bonds. The highest BCUT2D eigenvalue weighted by atomic mass is 16.5. The Hall–Kier alpha value is -2.93. The number of ether oxygens (including phenoxy) is 1. The fourth-order valence-corrected chi connectivity index (χ4v) is 2.52. The lowest BCUT2D eigenvalue weighted by molar-refractivity contribution is 0.102. The minimum absolute atomic E-state index is 0.106. The molecule has 0 bridgehead atoms. The predicted octanol–water partition coefficient (Wildman–Crippen LogP) is 2.63. The molecular formula is C18H20N4O3. The van der Waals surface area contributed by atoms with Gasteiger partial charge in [0, 0.05) is 30.7 Å². The SMILES string of the molecule is O=C(NC[C@@H]1CCCO1)Nc1ccc(NC(=O)c2ccccn2)cc1. The summed E-state index contributed by atoms with van der Waals surface area (Å²) in [6.45, 7) is 1.27. The maximum absolute atomic E-state index is 12.0. The number of pyridine rings is 1. The summed E-state index contributed by atoms with van der Waals surface area (Å²) in [7, 11) is 0. The molecule has 1 aliphatic rings. The topological polar surface area (TPSA) is 92.4 Å². The lowest BCUT2D eigenvalue weighted by Crippen LogP contribution is -2.35. The van der Waals surface area contributed by atoms with Crippen LogP contribution < -0.4 is 16.0 Å². The molecule has 1 saturated heterocycles. The van der Waals surface area contributed by atoms with Gasteiger partial charge in [0.2, 0.25) is 0 Å². The zero-order valence-corrected chi connectivity index (χ0v) is 13.7. The Morgan fingerprint density at radius 3 is 2.48 bits per heavy atom. The summed E-state index contributed by atoms with van der Waals surface area (Å²) in [5.41, 5.74) is 1.61. The van der Waals surface area contributed by atoms with E-state index in [1.165, 1.54) is 0 Å². The van der Waals surface area contributed by atoms with Crippen LogP contribution in [0.25, 0.3) is 0 Å². The van der Waals surface area contributed by atoms with Gasteiger partial charge in [0.25, 0.3) is 5.91 Å². The number of hydrogen-bond donors (Lipinski definition) is 3. The van der Waals surface area contributed by atoms with Crippen molar-refractivity contribution in [1.29, 1.82) is 0 Å². The monoisotopic (exact) mass is 340 g/mol. The molecule has 0 saturated carbocycles. The third kappa shape index (κ3) is 5.02. The van der Waals surface area contributed by atoms with Gasteiger partial charge in [0.05, 0.1) is 6.10 Å². The van der Waals surface area contributed by atoms with E-state index in [1.807, 2.05) is 0 Å². The van der Waals surface area contributed by atoms with Crippen molar-refractivity contribution in [3.63, 3.8) is 0 Å². The van der Waals surface area contributed by atoms with Crippen LogP contribution in [0.3, 0.4) is 0 Å². The van der Waals surface area contributed by atoms with Crippen LogP contribution in [0.2, 0.25) is 0 Å². The van der Waals surface area contributed by atoms with Crippen LogP contribution in [0, 0.1) is 0 Å². The molecule has 130 valence electrons. The molecule has 0 spiro atoms. The van der Waals surface area contributed by atoms with E-state index in [0.29, 0.717) is 23.6 Å². The van der Waals surface area contributed by atoms with Crippen molar-refractivity contribution in [3.05, 3.63) is 54.4 Å². The summed E-state index contributed by atoms with van der Waals surface area (Å²) < 4.78 is 5.45. The quantitative estimate of drug-likeness (QED) is 0.780. The van der Waals surface area contributed by atoms with E-state index in [4.69, 9.17) is 4.74 Å². The molecule has 3 rings (SSSR count). The lowest BCUT2D eigenvalue weighted by Gasteiger charge is -2.12. The van der Waals surface area contributed by atoms with Gasteiger partial charge in [-0.1, -0.05) is 6.07 Å². The zero-order valence-electron chi connectivity index (χ0n) is 13.7. The summed E-state index contributed by atoms with van der Waals surface area (Å²) in [5.74, 6) is -0.282. The normalized spacial score (nSPS) is 16.2. The Morgan fingerprint density at radius 2 is 1.84 bits per heavy atom. The summed E-state index contributed by atoms with van der Waals surface area (Å²) in [6.07, 6.45) is 3.69. The molecule has 1 aromatic carbocycles. The number of benzene rings is 1. The van der Waals surface area contributed by atoms with Crippen LogP contribution in [-0.4, -0.2) is 36.2 Å². The highest BCUT2D eigenvalue weighted by Crippen LogP contribution is 2.15. The summed E-state index contributed by atoms with van der Waals surface area (Å²) in [4.78, 5) is 27.9. The molecule has 2 aromatic rings. The van der Waals surface area contributed by atoms with E-state index in [1.54, 1.807) is 48.7 Å². The third-order valence-corrected chi connectivity index (χ3v) is 3.81. The molecule has 0 aliphatic carbocycles. The van der Waals surface area contributed by atoms with Gasteiger partial charge in [-0.2, -0.15) is 0 Å². The maximum Gasteiger partial charge on any atom is 0.319 e. The Bertz CT molecular complexity index is 713. The number of aromatic nitrogens is 1. The second-order valence-corrected chi connectivity index (χ2v) is 5.72. The van der Waals surface area contributed by atoms with Crippen molar-refractivity contribution in [3.8, 4) is 0 Å². The fourth-order valence-electron chi connectivity index (χ4n) is 2.52. The van der Waals surface area contributed by atoms with Crippen LogP contribution in [0.5, 0.6) is 0 Å². The molecule has 7 nitrogen and oxygen atoms in total. The van der Waals surface area contributed by atoms with E-state index in [0.717, 1.165) is 19.4 Å². The van der Waals surface area contributed by atoms with E-state index in [9.17, 15) is 9.59 Å². The second kappa shape index (κ2) is 8.25. The van der Waals surface area contributed by atoms with Crippen LogP contribution >= 0.6 is 0 Å². The lowest BCUT2D eigenvalue weighted by atomic mass is 10.2. The second-order valence-electron chi connectivity index (χ2n) is 5.72. The Balaban J connectivity index is 1.48. The van der Waals surface area contributed by atoms with Gasteiger partial charge in [-0.3, -0.25) is 9.78 Å². The number of carbonyl (C=O) groups is 2. The van der Waals surface area contributed by atoms with Crippen LogP contribution in [0.4, 0.5) is 16.2 Å². The van der Waals surface area contributed by atoms with Crippen molar-refractivity contribution in [2.75, 3.05) is 23.8 Å². The number of nitrogens with one attached hydrogen (secondary N) is 3. The highest BCUT2D eigenvalue weighted by Gasteiger charge is 2.16. The van der Waals surface area contributed by atoms with Crippen LogP contribution in [-0.2, 0) is 4.74 Å². The number of hydrogen-bond acceptors (Lipinski definition) is 4. The predicted molar refractivity (Wildman–Crippen MR) is 94.6 cm³/mol. The van der Waals surface area contributed by atoms with E-state index in [2.05, 4.69) is 20.9 Å². The Labute approximate surface area is 145 Å². The molecule has 3 N–H and O–H groups in total. The first-order chi connectivity index (χ1) is 12.2. The maximum atomic E-state index is 12.0. The Kier molecular flexibility index (Phi) is 5.58. The van der Waals surface area contributed by atoms with Crippen molar-refractivity contribution >= 4 is 23.3 Å². The number of amides is 3. The minimum atomic E-state index is -0.282. The average molecular weight is 340 g/mol. The first-order valence-corrected chi connectivity index (χ1v) is 8.19. The Morgan fingerprint density at radius 1 is 1.08 bits per heavy atom. The number of urea groups is 1. The minimum Gasteiger partial charge on any atom is -0.376 e. The van der Waals surface area contributed by atoms with Crippen molar-refractivity contribution in [2.24, 2.45) is 0 Å². The van der Waals surface area contributed by atoms with Gasteiger partial charge in [-0.15, -0.1) is 0 Å². The zero-order chi connectivity index (χ0) is 17.5. The molecule has 1 fully saturated rings. The van der Waals surface area contributed by atoms with Gasteiger partial charge < -0.3 is 20.7 Å². The number of nitrogens with zero attached hydrogens (tertiary/aromatic N) is 1. The largest absolute Gasteiger partial charge is 0.376 e. The van der Waals surface area contributed by atoms with Crippen LogP contribution in [0.1, 0.15) is 23.3 Å². The molecule has 1 aromatic heterocycles. The van der Waals surface area contributed by atoms with Gasteiger partial charge in [0.1, 0.15) is 5.69 Å². The molecule has 0 radical (unpaired) electrons. The van der Waals surface area contributed by atoms with Crippen molar-refractivity contribution in [2.45, 2.75) is 18.9 Å². The first-order valence-electron chi connectivity index (χ1n) is 8.19. The number of carbonyl (C=O) groups excluding carboxylic acids is 2. The molecule has 0 unspecified atom stereocenters. The van der Waals surface area contributed by atoms with Gasteiger partial charge >= 0.3 is 6.03 Å². The van der Waals surface area contributed by atoms with E-state index < -0.39 is 0 Å². The van der Waals surface area contributed by atoms with Crippen molar-refractivity contribution < 1.29 is 14.3 Å². The first kappa shape index (κ1) is 16.9. The number of rotatable bonds is 5. The van der Waals surface area contributed by atoms with Gasteiger partial charge in [-0.05, 0) is 49.2 Å². The van der Waals surface area contributed by atoms with E-state index >= 15 is 0 Å². The molecule has 1 atom stereocenters. The molecule has 2 heterocycles. The van der Waals surface area contributed by atoms with Gasteiger partial charge in [0.15, 0.2) is 0 Å². The molecule has 7 heteroatoms. The molecule has 25 heavy (non-hydrogen) atoms. The summed E-state index contributed by atoms with van der Waals surface area (Å²) >= 11 is 0. The summed E-state index contributed by atoms with van der Waals surface area (Å²) in [5, 5.41) is 8.29. The standard InChI is InChI=1S/C18H20N4O3/c23-17(16-5-1-2-10-19-16)21-13-6-8-14(9-7-13)22-18(24)20-12-15-4-3-11-25-15/h1-2,5-10,15H,3-4,11-12H2,(H,21,23)(H2,20,22,24)/t15-/m0/s1. The smallest absolute Gasteiger partial charge is 0.319 e. The highest BCUT2D eigenvalue weighted by molar-refractivity contribution is 6.03. The van der Waals surface area contributed by atoms with E-state index in [-0.39, 0.29) is 18.0 Å². The van der Waals surface area contributed by atoms with Crippen molar-refractivity contribution in [1.82, 2.24) is 10.3 Å².